The SMILES string of the molecule is CNS(=O)(=O)c1ccc2c(c1)CCN2C(=O)C(C)n1cccn1. The highest BCUT2D eigenvalue weighted by Crippen LogP contribution is 2.31. The Morgan fingerprint density at radius 1 is 1.39 bits per heavy atom. The highest BCUT2D eigenvalue weighted by atomic mass is 32.2. The van der Waals surface area contributed by atoms with E-state index in [1.54, 1.807) is 47.1 Å². The standard InChI is InChI=1S/C15H18N4O3S/c1-11(19-8-3-7-17-19)15(20)18-9-6-12-10-13(4-5-14(12)18)23(21,22)16-2/h3-5,7-8,10-11,16H,6,9H2,1-2H3. The molecule has 1 aliphatic rings. The molecule has 0 saturated heterocycles. The number of nitrogens with one attached hydrogen (secondary N) is 1. The summed E-state index contributed by atoms with van der Waals surface area (Å²) in [6, 6.07) is 6.22. The molecule has 0 radical (unpaired) electrons. The van der Waals surface area contributed by atoms with E-state index in [0.717, 1.165) is 11.3 Å². The van der Waals surface area contributed by atoms with Gasteiger partial charge >= 0.3 is 0 Å². The van der Waals surface area contributed by atoms with Crippen LogP contribution in [0.15, 0.2) is 41.6 Å². The molecule has 0 aliphatic carbocycles. The second-order valence-electron chi connectivity index (χ2n) is 5.40. The van der Waals surface area contributed by atoms with E-state index in [1.165, 1.54) is 13.1 Å². The third-order valence-electron chi connectivity index (χ3n) is 4.07. The van der Waals surface area contributed by atoms with Crippen LogP contribution in [0.1, 0.15) is 18.5 Å². The first-order chi connectivity index (χ1) is 10.9. The quantitative estimate of drug-likeness (QED) is 0.902. The van der Waals surface area contributed by atoms with Gasteiger partial charge in [-0.3, -0.25) is 9.48 Å². The maximum absolute atomic E-state index is 12.7. The molecule has 0 saturated carbocycles. The molecular weight excluding hydrogens is 316 g/mol. The highest BCUT2D eigenvalue weighted by Gasteiger charge is 2.30. The Morgan fingerprint density at radius 3 is 2.83 bits per heavy atom. The number of amides is 1. The van der Waals surface area contributed by atoms with Gasteiger partial charge in [-0.05, 0) is 50.2 Å². The summed E-state index contributed by atoms with van der Waals surface area (Å²) in [5, 5.41) is 4.10. The first-order valence-corrected chi connectivity index (χ1v) is 8.79. The van der Waals surface area contributed by atoms with Crippen molar-refractivity contribution in [1.82, 2.24) is 14.5 Å². The minimum absolute atomic E-state index is 0.0586. The van der Waals surface area contributed by atoms with Crippen molar-refractivity contribution in [3.05, 3.63) is 42.2 Å². The van der Waals surface area contributed by atoms with E-state index in [1.807, 2.05) is 0 Å². The molecule has 0 spiro atoms. The van der Waals surface area contributed by atoms with Crippen LogP contribution in [0.5, 0.6) is 0 Å². The zero-order chi connectivity index (χ0) is 16.6. The zero-order valence-electron chi connectivity index (χ0n) is 12.9. The number of fused-ring (bicyclic) bond motifs is 1. The second kappa shape index (κ2) is 5.78. The summed E-state index contributed by atoms with van der Waals surface area (Å²) in [7, 11) is -2.10. The van der Waals surface area contributed by atoms with Crippen molar-refractivity contribution >= 4 is 21.6 Å². The maximum atomic E-state index is 12.7. The molecule has 1 atom stereocenters. The van der Waals surface area contributed by atoms with Crippen LogP contribution in [0.2, 0.25) is 0 Å². The number of rotatable bonds is 4. The molecule has 2 aromatic rings. The molecule has 23 heavy (non-hydrogen) atoms. The van der Waals surface area contributed by atoms with Crippen LogP contribution < -0.4 is 9.62 Å². The molecule has 0 bridgehead atoms. The number of aromatic nitrogens is 2. The van der Waals surface area contributed by atoms with Gasteiger partial charge in [-0.25, -0.2) is 13.1 Å². The molecule has 1 amide bonds. The van der Waals surface area contributed by atoms with Crippen LogP contribution in [-0.4, -0.2) is 37.7 Å². The molecule has 1 N–H and O–H groups in total. The van der Waals surface area contributed by atoms with E-state index in [-0.39, 0.29) is 10.8 Å². The third kappa shape index (κ3) is 2.75. The monoisotopic (exact) mass is 334 g/mol. The normalized spacial score (nSPS) is 15.5. The van der Waals surface area contributed by atoms with Gasteiger partial charge in [0.05, 0.1) is 4.90 Å². The van der Waals surface area contributed by atoms with Gasteiger partial charge in [-0.15, -0.1) is 0 Å². The number of carbonyl (C=O) groups is 1. The van der Waals surface area contributed by atoms with Crippen molar-refractivity contribution in [3.63, 3.8) is 0 Å². The van der Waals surface area contributed by atoms with Gasteiger partial charge < -0.3 is 4.90 Å². The van der Waals surface area contributed by atoms with E-state index >= 15 is 0 Å². The van der Waals surface area contributed by atoms with Gasteiger partial charge in [-0.1, -0.05) is 0 Å². The van der Waals surface area contributed by atoms with E-state index < -0.39 is 16.1 Å². The van der Waals surface area contributed by atoms with E-state index in [9.17, 15) is 13.2 Å². The fourth-order valence-electron chi connectivity index (χ4n) is 2.74. The molecule has 2 heterocycles. The number of sulfonamides is 1. The van der Waals surface area contributed by atoms with Gasteiger partial charge in [-0.2, -0.15) is 5.10 Å². The number of anilines is 1. The summed E-state index contributed by atoms with van der Waals surface area (Å²) >= 11 is 0. The van der Waals surface area contributed by atoms with Crippen molar-refractivity contribution in [2.45, 2.75) is 24.3 Å². The van der Waals surface area contributed by atoms with Gasteiger partial charge in [0.25, 0.3) is 5.91 Å². The lowest BCUT2D eigenvalue weighted by Gasteiger charge is -2.22. The molecule has 7 nitrogen and oxygen atoms in total. The molecular formula is C15H18N4O3S. The summed E-state index contributed by atoms with van der Waals surface area (Å²) in [6.07, 6.45) is 4.03. The average molecular weight is 334 g/mol. The predicted octanol–water partition coefficient (Wildman–Crippen LogP) is 0.941. The Balaban J connectivity index is 1.89. The highest BCUT2D eigenvalue weighted by molar-refractivity contribution is 7.89. The third-order valence-corrected chi connectivity index (χ3v) is 5.48. The lowest BCUT2D eigenvalue weighted by atomic mass is 10.2. The Labute approximate surface area is 135 Å². The topological polar surface area (TPSA) is 84.3 Å². The van der Waals surface area contributed by atoms with Gasteiger partial charge in [0.1, 0.15) is 6.04 Å². The Bertz CT molecular complexity index is 830. The van der Waals surface area contributed by atoms with E-state index in [4.69, 9.17) is 0 Å². The Kier molecular flexibility index (Phi) is 3.95. The van der Waals surface area contributed by atoms with Crippen LogP contribution >= 0.6 is 0 Å². The maximum Gasteiger partial charge on any atom is 0.251 e. The fourth-order valence-corrected chi connectivity index (χ4v) is 3.52. The molecule has 1 aromatic heterocycles. The van der Waals surface area contributed by atoms with Gasteiger partial charge in [0.15, 0.2) is 0 Å². The van der Waals surface area contributed by atoms with Gasteiger partial charge in [0.2, 0.25) is 10.0 Å². The van der Waals surface area contributed by atoms with Gasteiger partial charge in [0, 0.05) is 24.6 Å². The minimum atomic E-state index is -3.48. The average Bonchev–Trinajstić information content (AvgIpc) is 3.22. The lowest BCUT2D eigenvalue weighted by molar-refractivity contribution is -0.121. The van der Waals surface area contributed by atoms with Crippen LogP contribution in [0.3, 0.4) is 0 Å². The van der Waals surface area contributed by atoms with Crippen molar-refractivity contribution in [3.8, 4) is 0 Å². The fraction of sp³-hybridized carbons (Fsp3) is 0.333. The smallest absolute Gasteiger partial charge is 0.251 e. The number of nitrogens with zero attached hydrogens (tertiary/aromatic N) is 3. The van der Waals surface area contributed by atoms with Crippen molar-refractivity contribution < 1.29 is 13.2 Å². The van der Waals surface area contributed by atoms with Crippen LogP contribution in [0.4, 0.5) is 5.69 Å². The van der Waals surface area contributed by atoms with E-state index in [0.29, 0.717) is 13.0 Å². The van der Waals surface area contributed by atoms with Crippen LogP contribution in [-0.2, 0) is 21.2 Å². The van der Waals surface area contributed by atoms with Crippen LogP contribution in [0.25, 0.3) is 0 Å². The first kappa shape index (κ1) is 15.7. The first-order valence-electron chi connectivity index (χ1n) is 7.31. The number of hydrogen-bond acceptors (Lipinski definition) is 4. The number of hydrogen-bond donors (Lipinski definition) is 1. The molecule has 1 aliphatic heterocycles. The van der Waals surface area contributed by atoms with Crippen molar-refractivity contribution in [2.24, 2.45) is 0 Å². The zero-order valence-corrected chi connectivity index (χ0v) is 13.7. The Morgan fingerprint density at radius 2 is 2.17 bits per heavy atom. The van der Waals surface area contributed by atoms with Crippen LogP contribution in [0, 0.1) is 0 Å². The molecule has 3 rings (SSSR count). The summed E-state index contributed by atoms with van der Waals surface area (Å²) < 4.78 is 27.7. The number of benzene rings is 1. The van der Waals surface area contributed by atoms with E-state index in [2.05, 4.69) is 9.82 Å². The molecule has 122 valence electrons. The lowest BCUT2D eigenvalue weighted by Crippen LogP contribution is -2.35. The largest absolute Gasteiger partial charge is 0.310 e. The van der Waals surface area contributed by atoms with Crippen molar-refractivity contribution in [1.29, 1.82) is 0 Å². The predicted molar refractivity (Wildman–Crippen MR) is 85.7 cm³/mol. The summed E-state index contributed by atoms with van der Waals surface area (Å²) in [5.41, 5.74) is 1.63. The molecule has 1 unspecified atom stereocenters. The summed E-state index contributed by atoms with van der Waals surface area (Å²) in [6.45, 7) is 2.34. The van der Waals surface area contributed by atoms with Crippen molar-refractivity contribution in [2.75, 3.05) is 18.5 Å². The number of carbonyl (C=O) groups excluding carboxylic acids is 1. The second-order valence-corrected chi connectivity index (χ2v) is 7.29. The summed E-state index contributed by atoms with van der Waals surface area (Å²) in [5.74, 6) is -0.0586. The Hall–Kier alpha value is -2.19. The minimum Gasteiger partial charge on any atom is -0.310 e. The summed E-state index contributed by atoms with van der Waals surface area (Å²) in [4.78, 5) is 14.6. The molecule has 0 fully saturated rings. The molecule has 1 aromatic carbocycles. The molecule has 8 heteroatoms.